The fraction of sp³-hybridized carbons (Fsp3) is 0.316. The maximum atomic E-state index is 13.7. The van der Waals surface area contributed by atoms with Gasteiger partial charge in [-0.25, -0.2) is 22.0 Å². The second kappa shape index (κ2) is 8.81. The Kier molecular flexibility index (Phi) is 6.92. The van der Waals surface area contributed by atoms with Crippen LogP contribution in [-0.2, 0) is 11.3 Å². The second-order valence-corrected chi connectivity index (χ2v) is 7.57. The molecule has 0 bridgehead atoms. The fourth-order valence-electron chi connectivity index (χ4n) is 2.28. The quantitative estimate of drug-likeness (QED) is 0.303. The lowest BCUT2D eigenvalue weighted by Crippen LogP contribution is -2.38. The zero-order chi connectivity index (χ0) is 21.1. The van der Waals surface area contributed by atoms with E-state index in [4.69, 9.17) is 4.74 Å². The molecule has 0 aliphatic heterocycles. The van der Waals surface area contributed by atoms with Crippen LogP contribution in [0.25, 0.3) is 0 Å². The highest BCUT2D eigenvalue weighted by Crippen LogP contribution is 2.33. The van der Waals surface area contributed by atoms with Crippen LogP contribution in [0.15, 0.2) is 29.2 Å². The van der Waals surface area contributed by atoms with Gasteiger partial charge >= 0.3 is 0 Å². The van der Waals surface area contributed by atoms with E-state index >= 15 is 0 Å². The van der Waals surface area contributed by atoms with E-state index in [9.17, 15) is 26.7 Å². The van der Waals surface area contributed by atoms with Crippen LogP contribution in [0.5, 0.6) is 5.75 Å². The summed E-state index contributed by atoms with van der Waals surface area (Å²) in [5.41, 5.74) is -2.08. The Balaban J connectivity index is 2.08. The van der Waals surface area contributed by atoms with E-state index in [1.807, 2.05) is 6.07 Å². The lowest BCUT2D eigenvalue weighted by atomic mass is 9.95. The SMILES string of the molecule is COc1ccccc1SCC(C)(C)C(=O)NCc1c(F)c(F)c(F)c(F)c1F. The lowest BCUT2D eigenvalue weighted by molar-refractivity contribution is -0.128. The van der Waals surface area contributed by atoms with Gasteiger partial charge < -0.3 is 10.1 Å². The average molecular weight is 419 g/mol. The predicted octanol–water partition coefficient (Wildman–Crippen LogP) is 4.83. The van der Waals surface area contributed by atoms with Gasteiger partial charge in [0.25, 0.3) is 0 Å². The second-order valence-electron chi connectivity index (χ2n) is 6.55. The lowest BCUT2D eigenvalue weighted by Gasteiger charge is -2.23. The number of rotatable bonds is 7. The standard InChI is InChI=1S/C19H18F5NO2S/c1-19(2,9-28-12-7-5-4-6-11(12)27-3)18(26)25-8-10-13(20)15(22)17(24)16(23)14(10)21/h4-7H,8-9H2,1-3H3,(H,25,26). The van der Waals surface area contributed by atoms with Crippen molar-refractivity contribution >= 4 is 17.7 Å². The average Bonchev–Trinajstić information content (AvgIpc) is 2.69. The molecule has 3 nitrogen and oxygen atoms in total. The number of hydrogen-bond acceptors (Lipinski definition) is 3. The van der Waals surface area contributed by atoms with Gasteiger partial charge in [-0.3, -0.25) is 4.79 Å². The van der Waals surface area contributed by atoms with Crippen LogP contribution < -0.4 is 10.1 Å². The highest BCUT2D eigenvalue weighted by atomic mass is 32.2. The molecular formula is C19H18F5NO2S. The molecule has 0 unspecified atom stereocenters. The van der Waals surface area contributed by atoms with Crippen molar-refractivity contribution in [1.82, 2.24) is 5.32 Å². The van der Waals surface area contributed by atoms with Crippen molar-refractivity contribution in [3.8, 4) is 5.75 Å². The Bertz CT molecular complexity index is 860. The van der Waals surface area contributed by atoms with E-state index in [0.29, 0.717) is 5.75 Å². The minimum absolute atomic E-state index is 0.288. The summed E-state index contributed by atoms with van der Waals surface area (Å²) in [6.45, 7) is 2.37. The van der Waals surface area contributed by atoms with Crippen molar-refractivity contribution in [2.75, 3.05) is 12.9 Å². The molecule has 0 spiro atoms. The number of carbonyl (C=O) groups is 1. The molecule has 0 fully saturated rings. The number of thioether (sulfide) groups is 1. The molecule has 0 heterocycles. The number of para-hydroxylation sites is 1. The highest BCUT2D eigenvalue weighted by molar-refractivity contribution is 7.99. The topological polar surface area (TPSA) is 38.3 Å². The number of ether oxygens (including phenoxy) is 1. The minimum Gasteiger partial charge on any atom is -0.496 e. The van der Waals surface area contributed by atoms with E-state index < -0.39 is 52.5 Å². The maximum Gasteiger partial charge on any atom is 0.226 e. The Morgan fingerprint density at radius 2 is 1.54 bits per heavy atom. The maximum absolute atomic E-state index is 13.7. The summed E-state index contributed by atoms with van der Waals surface area (Å²) in [6.07, 6.45) is 0. The number of halogens is 5. The van der Waals surface area contributed by atoms with Crippen LogP contribution in [0.3, 0.4) is 0 Å². The summed E-state index contributed by atoms with van der Waals surface area (Å²) in [4.78, 5) is 13.2. The molecule has 2 aromatic rings. The molecular weight excluding hydrogens is 401 g/mol. The smallest absolute Gasteiger partial charge is 0.226 e. The number of nitrogens with one attached hydrogen (secondary N) is 1. The largest absolute Gasteiger partial charge is 0.496 e. The molecule has 0 aliphatic rings. The fourth-order valence-corrected chi connectivity index (χ4v) is 3.39. The van der Waals surface area contributed by atoms with Crippen molar-refractivity contribution in [1.29, 1.82) is 0 Å². The van der Waals surface area contributed by atoms with Gasteiger partial charge in [-0.2, -0.15) is 0 Å². The summed E-state index contributed by atoms with van der Waals surface area (Å²) in [5, 5.41) is 2.24. The van der Waals surface area contributed by atoms with Gasteiger partial charge in [0.15, 0.2) is 23.3 Å². The molecule has 1 amide bonds. The van der Waals surface area contributed by atoms with Crippen LogP contribution in [-0.4, -0.2) is 18.8 Å². The van der Waals surface area contributed by atoms with Gasteiger partial charge in [0.1, 0.15) is 5.75 Å². The van der Waals surface area contributed by atoms with Crippen molar-refractivity contribution in [2.24, 2.45) is 5.41 Å². The molecule has 0 aromatic heterocycles. The first kappa shape index (κ1) is 22.0. The third-order valence-electron chi connectivity index (χ3n) is 4.00. The molecule has 28 heavy (non-hydrogen) atoms. The van der Waals surface area contributed by atoms with Crippen LogP contribution in [0.4, 0.5) is 22.0 Å². The Labute approximate surface area is 163 Å². The highest BCUT2D eigenvalue weighted by Gasteiger charge is 2.30. The molecule has 152 valence electrons. The summed E-state index contributed by atoms with van der Waals surface area (Å²) in [6, 6.07) is 7.18. The Morgan fingerprint density at radius 1 is 1.00 bits per heavy atom. The molecule has 1 N–H and O–H groups in total. The van der Waals surface area contributed by atoms with E-state index in [1.54, 1.807) is 32.0 Å². The monoisotopic (exact) mass is 419 g/mol. The van der Waals surface area contributed by atoms with Gasteiger partial charge in [0.05, 0.1) is 12.5 Å². The van der Waals surface area contributed by atoms with Crippen molar-refractivity contribution in [2.45, 2.75) is 25.3 Å². The first-order valence-corrected chi connectivity index (χ1v) is 9.13. The van der Waals surface area contributed by atoms with Crippen molar-refractivity contribution < 1.29 is 31.5 Å². The van der Waals surface area contributed by atoms with E-state index in [-0.39, 0.29) is 5.75 Å². The third kappa shape index (κ3) is 4.57. The van der Waals surface area contributed by atoms with Gasteiger partial charge in [-0.1, -0.05) is 26.0 Å². The predicted molar refractivity (Wildman–Crippen MR) is 95.6 cm³/mol. The van der Waals surface area contributed by atoms with E-state index in [2.05, 4.69) is 5.32 Å². The summed E-state index contributed by atoms with van der Waals surface area (Å²) in [5.74, 6) is -9.93. The van der Waals surface area contributed by atoms with E-state index in [1.165, 1.54) is 18.9 Å². The zero-order valence-corrected chi connectivity index (χ0v) is 16.2. The first-order valence-electron chi connectivity index (χ1n) is 8.14. The molecule has 2 aromatic carbocycles. The number of carbonyl (C=O) groups excluding carboxylic acids is 1. The van der Waals surface area contributed by atoms with Gasteiger partial charge in [-0.05, 0) is 12.1 Å². The van der Waals surface area contributed by atoms with E-state index in [0.717, 1.165) is 4.90 Å². The third-order valence-corrected chi connectivity index (χ3v) is 5.51. The van der Waals surface area contributed by atoms with Crippen molar-refractivity contribution in [3.63, 3.8) is 0 Å². The van der Waals surface area contributed by atoms with Crippen molar-refractivity contribution in [3.05, 3.63) is 58.9 Å². The van der Waals surface area contributed by atoms with Crippen LogP contribution >= 0.6 is 11.8 Å². The summed E-state index contributed by atoms with van der Waals surface area (Å²) >= 11 is 1.34. The minimum atomic E-state index is -2.24. The molecule has 0 saturated carbocycles. The Hall–Kier alpha value is -2.29. The van der Waals surface area contributed by atoms with Gasteiger partial charge in [0.2, 0.25) is 11.7 Å². The summed E-state index contributed by atoms with van der Waals surface area (Å²) < 4.78 is 72.2. The molecule has 0 saturated heterocycles. The molecule has 0 atom stereocenters. The number of hydrogen-bond donors (Lipinski definition) is 1. The molecule has 0 aliphatic carbocycles. The molecule has 2 rings (SSSR count). The van der Waals surface area contributed by atoms with Crippen LogP contribution in [0.1, 0.15) is 19.4 Å². The zero-order valence-electron chi connectivity index (χ0n) is 15.3. The number of benzene rings is 2. The Morgan fingerprint density at radius 3 is 2.11 bits per heavy atom. The summed E-state index contributed by atoms with van der Waals surface area (Å²) in [7, 11) is 1.52. The molecule has 0 radical (unpaired) electrons. The van der Waals surface area contributed by atoms with Crippen LogP contribution in [0.2, 0.25) is 0 Å². The molecule has 9 heteroatoms. The number of amides is 1. The van der Waals surface area contributed by atoms with Gasteiger partial charge in [0, 0.05) is 22.8 Å². The normalized spacial score (nSPS) is 11.4. The first-order chi connectivity index (χ1) is 13.1. The number of methoxy groups -OCH3 is 1. The van der Waals surface area contributed by atoms with Gasteiger partial charge in [-0.15, -0.1) is 11.8 Å². The van der Waals surface area contributed by atoms with Crippen LogP contribution in [0, 0.1) is 34.5 Å².